The number of aromatic nitrogens is 1. The first-order valence-corrected chi connectivity index (χ1v) is 9.41. The molecule has 1 fully saturated rings. The second-order valence-corrected chi connectivity index (χ2v) is 8.47. The molecule has 6 heteroatoms. The number of fused-ring (bicyclic) bond motifs is 4. The Kier molecular flexibility index (Phi) is 3.46. The lowest BCUT2D eigenvalue weighted by atomic mass is 9.76. The van der Waals surface area contributed by atoms with Crippen molar-refractivity contribution in [3.05, 3.63) is 47.5 Å². The summed E-state index contributed by atoms with van der Waals surface area (Å²) in [6, 6.07) is 13.9. The summed E-state index contributed by atoms with van der Waals surface area (Å²) in [5.74, 6) is 0. The predicted octanol–water partition coefficient (Wildman–Crippen LogP) is 5.09. The Morgan fingerprint density at radius 2 is 1.67 bits per heavy atom. The molecule has 27 heavy (non-hydrogen) atoms. The first-order valence-electron chi connectivity index (χ1n) is 9.03. The minimum absolute atomic E-state index is 0.423. The van der Waals surface area contributed by atoms with Crippen LogP contribution in [-0.4, -0.2) is 23.3 Å². The van der Waals surface area contributed by atoms with E-state index in [0.717, 1.165) is 27.1 Å². The second-order valence-electron chi connectivity index (χ2n) is 8.06. The topological polar surface area (TPSA) is 44.5 Å². The molecule has 1 saturated heterocycles. The maximum Gasteiger partial charge on any atom is 0.495 e. The molecule has 2 aromatic heterocycles. The van der Waals surface area contributed by atoms with E-state index >= 15 is 0 Å². The van der Waals surface area contributed by atoms with E-state index < -0.39 is 18.3 Å². The van der Waals surface area contributed by atoms with Crippen molar-refractivity contribution in [3.8, 4) is 0 Å². The Bertz CT molecular complexity index is 1200. The molecule has 0 unspecified atom stereocenters. The largest absolute Gasteiger partial charge is 0.495 e. The van der Waals surface area contributed by atoms with Crippen molar-refractivity contribution in [2.75, 3.05) is 0 Å². The number of nitrogens with zero attached hydrogens (tertiary/aromatic N) is 1. The Balaban J connectivity index is 1.81. The van der Waals surface area contributed by atoms with Crippen molar-refractivity contribution >= 4 is 57.2 Å². The van der Waals surface area contributed by atoms with Gasteiger partial charge in [0.15, 0.2) is 5.58 Å². The molecule has 1 aliphatic rings. The van der Waals surface area contributed by atoms with Crippen LogP contribution in [0.15, 0.2) is 46.9 Å². The lowest BCUT2D eigenvalue weighted by Gasteiger charge is -2.32. The van der Waals surface area contributed by atoms with E-state index in [4.69, 9.17) is 25.3 Å². The maximum absolute atomic E-state index is 6.45. The molecule has 0 radical (unpaired) electrons. The molecular formula is C21H19BClNO3. The summed E-state index contributed by atoms with van der Waals surface area (Å²) in [6.45, 7) is 8.18. The monoisotopic (exact) mass is 379 g/mol. The van der Waals surface area contributed by atoms with Gasteiger partial charge in [0.1, 0.15) is 0 Å². The molecule has 0 spiro atoms. The smallest absolute Gasteiger partial charge is 0.436 e. The molecule has 4 aromatic rings. The van der Waals surface area contributed by atoms with Gasteiger partial charge in [-0.2, -0.15) is 0 Å². The number of para-hydroxylation sites is 1. The molecule has 3 heterocycles. The van der Waals surface area contributed by atoms with Crippen LogP contribution in [-0.2, 0) is 9.31 Å². The fourth-order valence-corrected chi connectivity index (χ4v) is 3.76. The van der Waals surface area contributed by atoms with E-state index in [0.29, 0.717) is 16.3 Å². The average molecular weight is 380 g/mol. The van der Waals surface area contributed by atoms with Crippen molar-refractivity contribution in [2.45, 2.75) is 38.9 Å². The third-order valence-electron chi connectivity index (χ3n) is 5.81. The van der Waals surface area contributed by atoms with Crippen molar-refractivity contribution in [3.63, 3.8) is 0 Å². The van der Waals surface area contributed by atoms with Crippen LogP contribution in [0.1, 0.15) is 27.7 Å². The Morgan fingerprint density at radius 3 is 2.41 bits per heavy atom. The van der Waals surface area contributed by atoms with Gasteiger partial charge in [0, 0.05) is 16.2 Å². The molecular weight excluding hydrogens is 361 g/mol. The highest BCUT2D eigenvalue weighted by Gasteiger charge is 2.52. The van der Waals surface area contributed by atoms with Gasteiger partial charge in [-0.1, -0.05) is 35.9 Å². The van der Waals surface area contributed by atoms with Gasteiger partial charge in [0.25, 0.3) is 0 Å². The summed E-state index contributed by atoms with van der Waals surface area (Å²) in [4.78, 5) is 4.67. The van der Waals surface area contributed by atoms with Crippen LogP contribution >= 0.6 is 11.6 Å². The molecule has 0 bridgehead atoms. The third kappa shape index (κ3) is 2.42. The highest BCUT2D eigenvalue weighted by Crippen LogP contribution is 2.39. The quantitative estimate of drug-likeness (QED) is 0.432. The molecule has 0 saturated carbocycles. The SMILES string of the molecule is CC1(C)OB(c2ccc(Cl)c3oc4nc5ccccc5cc4c23)OC1(C)C. The van der Waals surface area contributed by atoms with Gasteiger partial charge in [-0.3, -0.25) is 0 Å². The zero-order chi connectivity index (χ0) is 19.0. The van der Waals surface area contributed by atoms with E-state index in [-0.39, 0.29) is 0 Å². The molecule has 4 nitrogen and oxygen atoms in total. The van der Waals surface area contributed by atoms with Gasteiger partial charge in [-0.15, -0.1) is 0 Å². The van der Waals surface area contributed by atoms with Gasteiger partial charge >= 0.3 is 7.12 Å². The van der Waals surface area contributed by atoms with Gasteiger partial charge in [0.2, 0.25) is 5.71 Å². The number of halogens is 1. The first-order chi connectivity index (χ1) is 12.8. The van der Waals surface area contributed by atoms with Crippen LogP contribution in [0.3, 0.4) is 0 Å². The van der Waals surface area contributed by atoms with Crippen LogP contribution in [0.5, 0.6) is 0 Å². The first kappa shape index (κ1) is 17.1. The van der Waals surface area contributed by atoms with Crippen LogP contribution < -0.4 is 5.46 Å². The number of hydrogen-bond acceptors (Lipinski definition) is 4. The zero-order valence-corrected chi connectivity index (χ0v) is 16.4. The molecule has 0 atom stereocenters. The highest BCUT2D eigenvalue weighted by atomic mass is 35.5. The standard InChI is InChI=1S/C21H19BClNO3/c1-20(2)21(3,4)27-22(26-20)14-9-10-15(23)18-17(14)13-11-12-7-5-6-8-16(12)24-19(13)25-18/h5-11H,1-4H3. The van der Waals surface area contributed by atoms with Gasteiger partial charge in [0.05, 0.1) is 21.7 Å². The van der Waals surface area contributed by atoms with Gasteiger partial charge in [-0.05, 0) is 51.4 Å². The van der Waals surface area contributed by atoms with Crippen molar-refractivity contribution < 1.29 is 13.7 Å². The van der Waals surface area contributed by atoms with Crippen molar-refractivity contribution in [2.24, 2.45) is 0 Å². The van der Waals surface area contributed by atoms with E-state index in [1.54, 1.807) is 0 Å². The Labute approximate surface area is 162 Å². The molecule has 2 aromatic carbocycles. The highest BCUT2D eigenvalue weighted by molar-refractivity contribution is 6.66. The van der Waals surface area contributed by atoms with Crippen molar-refractivity contribution in [1.29, 1.82) is 0 Å². The molecule has 0 N–H and O–H groups in total. The number of pyridine rings is 1. The zero-order valence-electron chi connectivity index (χ0n) is 15.7. The van der Waals surface area contributed by atoms with E-state index in [1.165, 1.54) is 0 Å². The molecule has 136 valence electrons. The lowest BCUT2D eigenvalue weighted by Crippen LogP contribution is -2.41. The Hall–Kier alpha value is -2.08. The lowest BCUT2D eigenvalue weighted by molar-refractivity contribution is 0.00578. The molecule has 5 rings (SSSR count). The van der Waals surface area contributed by atoms with Crippen LogP contribution in [0.4, 0.5) is 0 Å². The number of furan rings is 1. The summed E-state index contributed by atoms with van der Waals surface area (Å²) in [5.41, 5.74) is 2.12. The van der Waals surface area contributed by atoms with E-state index in [2.05, 4.69) is 11.1 Å². The summed E-state index contributed by atoms with van der Waals surface area (Å²) in [6.07, 6.45) is 0. The van der Waals surface area contributed by atoms with Crippen LogP contribution in [0.25, 0.3) is 33.0 Å². The predicted molar refractivity (Wildman–Crippen MR) is 110 cm³/mol. The number of hydrogen-bond donors (Lipinski definition) is 0. The normalized spacial score (nSPS) is 18.8. The maximum atomic E-state index is 6.45. The third-order valence-corrected chi connectivity index (χ3v) is 6.10. The number of benzene rings is 2. The van der Waals surface area contributed by atoms with Crippen LogP contribution in [0.2, 0.25) is 5.02 Å². The second kappa shape index (κ2) is 5.47. The fraction of sp³-hybridized carbons (Fsp3) is 0.286. The minimum atomic E-state index is -0.498. The van der Waals surface area contributed by atoms with E-state index in [9.17, 15) is 0 Å². The Morgan fingerprint density at radius 1 is 0.963 bits per heavy atom. The number of rotatable bonds is 1. The summed E-state index contributed by atoms with van der Waals surface area (Å²) in [5, 5.41) is 3.41. The summed E-state index contributed by atoms with van der Waals surface area (Å²) in [7, 11) is -0.498. The molecule has 0 aliphatic carbocycles. The summed E-state index contributed by atoms with van der Waals surface area (Å²) < 4.78 is 18.6. The minimum Gasteiger partial charge on any atom is -0.436 e. The fourth-order valence-electron chi connectivity index (χ4n) is 3.57. The van der Waals surface area contributed by atoms with Gasteiger partial charge < -0.3 is 13.7 Å². The summed E-state index contributed by atoms with van der Waals surface area (Å²) >= 11 is 6.45. The van der Waals surface area contributed by atoms with Crippen LogP contribution in [0, 0.1) is 0 Å². The molecule has 1 aliphatic heterocycles. The average Bonchev–Trinajstić information content (AvgIpc) is 3.08. The van der Waals surface area contributed by atoms with Crippen molar-refractivity contribution in [1.82, 2.24) is 4.98 Å². The van der Waals surface area contributed by atoms with Gasteiger partial charge in [-0.25, -0.2) is 4.98 Å². The van der Waals surface area contributed by atoms with E-state index in [1.807, 2.05) is 64.1 Å². The molecule has 0 amide bonds.